The van der Waals surface area contributed by atoms with Crippen LogP contribution in [0, 0.1) is 11.3 Å². The zero-order chi connectivity index (χ0) is 16.2. The predicted octanol–water partition coefficient (Wildman–Crippen LogP) is 4.28. The molecule has 0 bridgehead atoms. The first-order chi connectivity index (χ1) is 9.71. The number of rotatable bonds is 4. The summed E-state index contributed by atoms with van der Waals surface area (Å²) in [4.78, 5) is 10.8. The Balaban J connectivity index is 3.53. The van der Waals surface area contributed by atoms with E-state index in [0.29, 0.717) is 0 Å². The Kier molecular flexibility index (Phi) is 5.54. The Morgan fingerprint density at radius 1 is 1.43 bits per heavy atom. The maximum atomic E-state index is 13.1. The monoisotopic (exact) mass is 325 g/mol. The summed E-state index contributed by atoms with van der Waals surface area (Å²) in [7, 11) is 0. The van der Waals surface area contributed by atoms with Crippen molar-refractivity contribution in [1.82, 2.24) is 0 Å². The molecule has 0 radical (unpaired) electrons. The zero-order valence-corrected chi connectivity index (χ0v) is 11.3. The molecule has 0 aromatic heterocycles. The molecule has 0 aliphatic carbocycles. The Morgan fingerprint density at radius 2 is 2.05 bits per heavy atom. The van der Waals surface area contributed by atoms with Gasteiger partial charge in [0, 0.05) is 10.5 Å². The van der Waals surface area contributed by atoms with Gasteiger partial charge in [-0.15, -0.1) is 0 Å². The van der Waals surface area contributed by atoms with Crippen LogP contribution >= 0.6 is 11.8 Å². The molecule has 0 aliphatic rings. The topological polar surface area (TPSA) is 50.1 Å². The standard InChI is InChI=1S/C12H8F5NO2S/c1-2-20-11(19)8-6(5-18)3-4-7(9(8)10(13)14)21-12(15,16)17/h3-4,10H,2H2,1H3. The minimum Gasteiger partial charge on any atom is -0.462 e. The van der Waals surface area contributed by atoms with E-state index in [9.17, 15) is 26.7 Å². The van der Waals surface area contributed by atoms with Crippen molar-refractivity contribution in [3.63, 3.8) is 0 Å². The molecule has 0 amide bonds. The number of carbonyl (C=O) groups is 1. The maximum absolute atomic E-state index is 13.1. The third-order valence-corrected chi connectivity index (χ3v) is 3.06. The summed E-state index contributed by atoms with van der Waals surface area (Å²) in [6.07, 6.45) is -3.36. The van der Waals surface area contributed by atoms with Crippen molar-refractivity contribution in [2.45, 2.75) is 23.8 Å². The van der Waals surface area contributed by atoms with E-state index in [2.05, 4.69) is 4.74 Å². The normalized spacial score (nSPS) is 11.3. The van der Waals surface area contributed by atoms with Crippen LogP contribution in [0.25, 0.3) is 0 Å². The lowest BCUT2D eigenvalue weighted by atomic mass is 10.0. The molecule has 0 spiro atoms. The molecule has 0 heterocycles. The molecule has 0 unspecified atom stereocenters. The van der Waals surface area contributed by atoms with Crippen LogP contribution in [0.1, 0.15) is 34.8 Å². The molecule has 21 heavy (non-hydrogen) atoms. The number of hydrogen-bond acceptors (Lipinski definition) is 4. The van der Waals surface area contributed by atoms with Crippen molar-refractivity contribution >= 4 is 17.7 Å². The molecule has 9 heteroatoms. The van der Waals surface area contributed by atoms with Gasteiger partial charge in [-0.1, -0.05) is 0 Å². The van der Waals surface area contributed by atoms with Crippen LogP contribution in [0.5, 0.6) is 0 Å². The highest BCUT2D eigenvalue weighted by molar-refractivity contribution is 8.00. The lowest BCUT2D eigenvalue weighted by Crippen LogP contribution is -2.13. The fraction of sp³-hybridized carbons (Fsp3) is 0.333. The molecule has 0 atom stereocenters. The molecular weight excluding hydrogens is 317 g/mol. The van der Waals surface area contributed by atoms with Crippen LogP contribution in [0.3, 0.4) is 0 Å². The second-order valence-corrected chi connectivity index (χ2v) is 4.69. The van der Waals surface area contributed by atoms with E-state index in [1.165, 1.54) is 13.0 Å². The molecule has 0 aliphatic heterocycles. The molecule has 114 valence electrons. The summed E-state index contributed by atoms with van der Waals surface area (Å²) in [5.74, 6) is -1.26. The first kappa shape index (κ1) is 17.2. The first-order valence-electron chi connectivity index (χ1n) is 5.49. The number of halogens is 5. The van der Waals surface area contributed by atoms with Gasteiger partial charge in [-0.2, -0.15) is 18.4 Å². The van der Waals surface area contributed by atoms with Crippen molar-refractivity contribution in [1.29, 1.82) is 5.26 Å². The first-order valence-corrected chi connectivity index (χ1v) is 6.31. The van der Waals surface area contributed by atoms with Crippen molar-refractivity contribution in [3.05, 3.63) is 28.8 Å². The van der Waals surface area contributed by atoms with Crippen LogP contribution in [-0.2, 0) is 4.74 Å². The van der Waals surface area contributed by atoms with Gasteiger partial charge in [0.25, 0.3) is 6.43 Å². The average molecular weight is 325 g/mol. The predicted molar refractivity (Wildman–Crippen MR) is 64.0 cm³/mol. The van der Waals surface area contributed by atoms with Crippen molar-refractivity contribution in [3.8, 4) is 6.07 Å². The number of esters is 1. The van der Waals surface area contributed by atoms with E-state index in [0.717, 1.165) is 12.1 Å². The minimum absolute atomic E-state index is 0.164. The fourth-order valence-corrected chi connectivity index (χ4v) is 2.23. The largest absolute Gasteiger partial charge is 0.462 e. The van der Waals surface area contributed by atoms with Gasteiger partial charge >= 0.3 is 11.5 Å². The van der Waals surface area contributed by atoms with Gasteiger partial charge in [-0.3, -0.25) is 0 Å². The Bertz CT molecular complexity index is 580. The SMILES string of the molecule is CCOC(=O)c1c(C#N)ccc(SC(F)(F)F)c1C(F)F. The van der Waals surface area contributed by atoms with Crippen LogP contribution in [0.2, 0.25) is 0 Å². The second kappa shape index (κ2) is 6.76. The second-order valence-electron chi connectivity index (χ2n) is 3.58. The molecule has 1 aromatic carbocycles. The number of benzene rings is 1. The summed E-state index contributed by atoms with van der Waals surface area (Å²) in [6, 6.07) is 3.11. The third kappa shape index (κ3) is 4.32. The lowest BCUT2D eigenvalue weighted by Gasteiger charge is -2.15. The number of nitriles is 1. The highest BCUT2D eigenvalue weighted by atomic mass is 32.2. The highest BCUT2D eigenvalue weighted by Gasteiger charge is 2.34. The van der Waals surface area contributed by atoms with E-state index in [1.54, 1.807) is 0 Å². The van der Waals surface area contributed by atoms with E-state index >= 15 is 0 Å². The van der Waals surface area contributed by atoms with Crippen molar-refractivity contribution in [2.75, 3.05) is 6.61 Å². The van der Waals surface area contributed by atoms with Crippen LogP contribution in [-0.4, -0.2) is 18.1 Å². The van der Waals surface area contributed by atoms with E-state index in [-0.39, 0.29) is 6.61 Å². The molecule has 1 aromatic rings. The van der Waals surface area contributed by atoms with Crippen LogP contribution in [0.4, 0.5) is 22.0 Å². The Hall–Kier alpha value is -1.82. The Labute approximate surface area is 120 Å². The van der Waals surface area contributed by atoms with Crippen LogP contribution < -0.4 is 0 Å². The van der Waals surface area contributed by atoms with Gasteiger partial charge in [0.1, 0.15) is 6.07 Å². The van der Waals surface area contributed by atoms with Gasteiger partial charge in [0.2, 0.25) is 0 Å². The summed E-state index contributed by atoms with van der Waals surface area (Å²) in [6.45, 7) is 1.24. The molecule has 0 N–H and O–H groups in total. The molecule has 3 nitrogen and oxygen atoms in total. The highest BCUT2D eigenvalue weighted by Crippen LogP contribution is 2.43. The van der Waals surface area contributed by atoms with Gasteiger partial charge in [0.05, 0.1) is 17.7 Å². The minimum atomic E-state index is -4.80. The fourth-order valence-electron chi connectivity index (χ4n) is 1.55. The van der Waals surface area contributed by atoms with E-state index < -0.39 is 51.3 Å². The van der Waals surface area contributed by atoms with E-state index in [4.69, 9.17) is 5.26 Å². The number of ether oxygens (including phenoxy) is 1. The number of carbonyl (C=O) groups excluding carboxylic acids is 1. The molecule has 0 saturated carbocycles. The van der Waals surface area contributed by atoms with Crippen molar-refractivity contribution in [2.24, 2.45) is 0 Å². The maximum Gasteiger partial charge on any atom is 0.446 e. The van der Waals surface area contributed by atoms with E-state index in [1.807, 2.05) is 0 Å². The van der Waals surface area contributed by atoms with Crippen LogP contribution in [0.15, 0.2) is 17.0 Å². The smallest absolute Gasteiger partial charge is 0.446 e. The third-order valence-electron chi connectivity index (χ3n) is 2.25. The summed E-state index contributed by atoms with van der Waals surface area (Å²) < 4.78 is 67.9. The van der Waals surface area contributed by atoms with Gasteiger partial charge in [-0.05, 0) is 30.8 Å². The molecule has 0 fully saturated rings. The molecule has 1 rings (SSSR count). The number of nitrogens with zero attached hydrogens (tertiary/aromatic N) is 1. The number of hydrogen-bond donors (Lipinski definition) is 0. The molecular formula is C12H8F5NO2S. The summed E-state index contributed by atoms with van der Waals surface area (Å²) in [5.41, 5.74) is -7.24. The number of thioether (sulfide) groups is 1. The quantitative estimate of drug-likeness (QED) is 0.471. The average Bonchev–Trinajstić information content (AvgIpc) is 2.36. The Morgan fingerprint density at radius 3 is 2.48 bits per heavy atom. The lowest BCUT2D eigenvalue weighted by molar-refractivity contribution is -0.0329. The number of alkyl halides is 5. The molecule has 0 saturated heterocycles. The summed E-state index contributed by atoms with van der Waals surface area (Å²) >= 11 is -0.773. The van der Waals surface area contributed by atoms with Gasteiger partial charge in [0.15, 0.2) is 0 Å². The van der Waals surface area contributed by atoms with Gasteiger partial charge in [-0.25, -0.2) is 13.6 Å². The summed E-state index contributed by atoms with van der Waals surface area (Å²) in [5, 5.41) is 8.83. The van der Waals surface area contributed by atoms with Crippen molar-refractivity contribution < 1.29 is 31.5 Å². The van der Waals surface area contributed by atoms with Gasteiger partial charge < -0.3 is 4.74 Å². The zero-order valence-electron chi connectivity index (χ0n) is 10.5.